The molecule has 8 nitrogen and oxygen atoms in total. The summed E-state index contributed by atoms with van der Waals surface area (Å²) in [5.41, 5.74) is 4.03. The number of imidazole rings is 1. The van der Waals surface area contributed by atoms with Gasteiger partial charge in [-0.1, -0.05) is 11.2 Å². The minimum atomic E-state index is -0.940. The Bertz CT molecular complexity index is 1560. The van der Waals surface area contributed by atoms with Crippen LogP contribution >= 0.6 is 0 Å². The van der Waals surface area contributed by atoms with E-state index in [1.807, 2.05) is 42.5 Å². The maximum atomic E-state index is 14.2. The van der Waals surface area contributed by atoms with E-state index in [-0.39, 0.29) is 11.4 Å². The molecule has 5 aromatic rings. The second-order valence-corrected chi connectivity index (χ2v) is 8.46. The number of hydrogen-bond donors (Lipinski definition) is 1. The van der Waals surface area contributed by atoms with Crippen molar-refractivity contribution in [2.75, 3.05) is 0 Å². The molecule has 2 aromatic carbocycles. The first-order valence-electron chi connectivity index (χ1n) is 11.5. The van der Waals surface area contributed by atoms with Crippen LogP contribution in [0.25, 0.3) is 22.6 Å². The summed E-state index contributed by atoms with van der Waals surface area (Å²) in [5.74, 6) is -0.231. The van der Waals surface area contributed by atoms with E-state index in [0.29, 0.717) is 42.5 Å². The van der Waals surface area contributed by atoms with Crippen molar-refractivity contribution in [1.82, 2.24) is 25.1 Å². The maximum Gasteiger partial charge on any atom is 0.169 e. The zero-order valence-corrected chi connectivity index (χ0v) is 19.4. The standard InChI is InChI=1S/C27H20F2N6O2/c28-22-3-1-2-21(26(22)29)27-32-24-13-31-35(15-25(24)33-27)14-20-12-23(34-37-20)18-4-6-19(7-5-18)36-16-17-8-10-30-11-9-17/h1-13H,14-16H2,(H,32,33). The molecule has 4 heterocycles. The average Bonchev–Trinajstić information content (AvgIpc) is 3.57. The zero-order valence-electron chi connectivity index (χ0n) is 19.4. The van der Waals surface area contributed by atoms with Crippen LogP contribution in [0.3, 0.4) is 0 Å². The van der Waals surface area contributed by atoms with E-state index in [4.69, 9.17) is 9.26 Å². The number of nitrogens with one attached hydrogen (secondary N) is 1. The molecule has 0 fully saturated rings. The van der Waals surface area contributed by atoms with Gasteiger partial charge in [-0.25, -0.2) is 13.8 Å². The summed E-state index contributed by atoms with van der Waals surface area (Å²) >= 11 is 0. The van der Waals surface area contributed by atoms with Gasteiger partial charge in [0.1, 0.15) is 23.9 Å². The number of pyridine rings is 1. The van der Waals surface area contributed by atoms with Crippen LogP contribution in [0.1, 0.15) is 22.7 Å². The molecule has 0 atom stereocenters. The van der Waals surface area contributed by atoms with Gasteiger partial charge in [-0.05, 0) is 54.1 Å². The van der Waals surface area contributed by atoms with Crippen LogP contribution in [0.5, 0.6) is 5.75 Å². The van der Waals surface area contributed by atoms with Crippen molar-refractivity contribution in [3.8, 4) is 28.4 Å². The summed E-state index contributed by atoms with van der Waals surface area (Å²) in [4.78, 5) is 11.5. The molecule has 1 aliphatic rings. The molecule has 0 saturated heterocycles. The fraction of sp³-hybridized carbons (Fsp3) is 0.111. The van der Waals surface area contributed by atoms with E-state index < -0.39 is 11.6 Å². The number of aromatic amines is 1. The van der Waals surface area contributed by atoms with Gasteiger partial charge in [-0.3, -0.25) is 9.99 Å². The van der Waals surface area contributed by atoms with Crippen molar-refractivity contribution in [3.05, 3.63) is 107 Å². The van der Waals surface area contributed by atoms with E-state index in [2.05, 4.69) is 25.2 Å². The van der Waals surface area contributed by atoms with Crippen molar-refractivity contribution in [2.24, 2.45) is 5.10 Å². The number of hydrazone groups is 1. The SMILES string of the molecule is Fc1cccc(-c2nc3c([nH]2)C=NN(Cc2cc(-c4ccc(OCc5ccncc5)cc4)no2)C3)c1F. The van der Waals surface area contributed by atoms with Gasteiger partial charge in [-0.15, -0.1) is 0 Å². The van der Waals surface area contributed by atoms with E-state index in [9.17, 15) is 8.78 Å². The topological polar surface area (TPSA) is 92.4 Å². The number of fused-ring (bicyclic) bond motifs is 1. The number of H-pyrrole nitrogens is 1. The molecule has 3 aromatic heterocycles. The lowest BCUT2D eigenvalue weighted by Gasteiger charge is -2.19. The molecular formula is C27H20F2N6O2. The monoisotopic (exact) mass is 498 g/mol. The Labute approximate surface area is 210 Å². The van der Waals surface area contributed by atoms with Crippen LogP contribution < -0.4 is 4.74 Å². The number of hydrogen-bond acceptors (Lipinski definition) is 7. The molecule has 0 spiro atoms. The molecule has 6 rings (SSSR count). The smallest absolute Gasteiger partial charge is 0.169 e. The molecule has 0 bridgehead atoms. The van der Waals surface area contributed by atoms with Gasteiger partial charge in [-0.2, -0.15) is 5.10 Å². The van der Waals surface area contributed by atoms with Crippen LogP contribution in [-0.4, -0.2) is 31.3 Å². The molecular weight excluding hydrogens is 478 g/mol. The summed E-state index contributed by atoms with van der Waals surface area (Å²) < 4.78 is 39.1. The molecule has 10 heteroatoms. The summed E-state index contributed by atoms with van der Waals surface area (Å²) in [6.45, 7) is 1.20. The van der Waals surface area contributed by atoms with Gasteiger partial charge < -0.3 is 14.2 Å². The Morgan fingerprint density at radius 2 is 1.86 bits per heavy atom. The Hall–Kier alpha value is -4.86. The summed E-state index contributed by atoms with van der Waals surface area (Å²) in [6, 6.07) is 17.3. The minimum Gasteiger partial charge on any atom is -0.489 e. The van der Waals surface area contributed by atoms with Crippen molar-refractivity contribution in [3.63, 3.8) is 0 Å². The van der Waals surface area contributed by atoms with Crippen LogP contribution in [0.2, 0.25) is 0 Å². The first kappa shape index (κ1) is 22.6. The van der Waals surface area contributed by atoms with Gasteiger partial charge in [0, 0.05) is 24.0 Å². The molecule has 184 valence electrons. The van der Waals surface area contributed by atoms with Crippen LogP contribution in [0.4, 0.5) is 8.78 Å². The van der Waals surface area contributed by atoms with Crippen LogP contribution in [0.15, 0.2) is 82.7 Å². The number of nitrogens with zero attached hydrogens (tertiary/aromatic N) is 5. The molecule has 0 unspecified atom stereocenters. The Morgan fingerprint density at radius 3 is 2.70 bits per heavy atom. The third-order valence-electron chi connectivity index (χ3n) is 5.90. The van der Waals surface area contributed by atoms with E-state index in [0.717, 1.165) is 22.9 Å². The van der Waals surface area contributed by atoms with Crippen molar-refractivity contribution < 1.29 is 18.0 Å². The predicted octanol–water partition coefficient (Wildman–Crippen LogP) is 5.33. The molecule has 0 amide bonds. The van der Waals surface area contributed by atoms with Gasteiger partial charge >= 0.3 is 0 Å². The van der Waals surface area contributed by atoms with Gasteiger partial charge in [0.2, 0.25) is 0 Å². The van der Waals surface area contributed by atoms with E-state index in [1.165, 1.54) is 12.1 Å². The molecule has 0 aliphatic carbocycles. The first-order chi connectivity index (χ1) is 18.1. The van der Waals surface area contributed by atoms with Gasteiger partial charge in [0.05, 0.1) is 36.3 Å². The quantitative estimate of drug-likeness (QED) is 0.326. The number of ether oxygens (including phenoxy) is 1. The Kier molecular flexibility index (Phi) is 5.89. The second kappa shape index (κ2) is 9.65. The second-order valence-electron chi connectivity index (χ2n) is 8.46. The third-order valence-corrected chi connectivity index (χ3v) is 5.90. The number of aromatic nitrogens is 4. The van der Waals surface area contributed by atoms with Crippen molar-refractivity contribution in [1.29, 1.82) is 0 Å². The first-order valence-corrected chi connectivity index (χ1v) is 11.5. The van der Waals surface area contributed by atoms with Gasteiger partial charge in [0.15, 0.2) is 17.4 Å². The highest BCUT2D eigenvalue weighted by Crippen LogP contribution is 2.27. The highest BCUT2D eigenvalue weighted by molar-refractivity contribution is 5.80. The maximum absolute atomic E-state index is 14.2. The van der Waals surface area contributed by atoms with Crippen LogP contribution in [-0.2, 0) is 19.7 Å². The predicted molar refractivity (Wildman–Crippen MR) is 131 cm³/mol. The lowest BCUT2D eigenvalue weighted by atomic mass is 10.1. The van der Waals surface area contributed by atoms with Crippen molar-refractivity contribution in [2.45, 2.75) is 19.7 Å². The van der Waals surface area contributed by atoms with Crippen molar-refractivity contribution >= 4 is 6.21 Å². The fourth-order valence-corrected chi connectivity index (χ4v) is 3.99. The van der Waals surface area contributed by atoms with Gasteiger partial charge in [0.25, 0.3) is 0 Å². The lowest BCUT2D eigenvalue weighted by Crippen LogP contribution is -2.21. The molecule has 37 heavy (non-hydrogen) atoms. The van der Waals surface area contributed by atoms with Crippen LogP contribution in [0, 0.1) is 11.6 Å². The fourth-order valence-electron chi connectivity index (χ4n) is 3.99. The highest BCUT2D eigenvalue weighted by atomic mass is 19.2. The average molecular weight is 498 g/mol. The number of benzene rings is 2. The number of rotatable bonds is 7. The zero-order chi connectivity index (χ0) is 25.2. The highest BCUT2D eigenvalue weighted by Gasteiger charge is 2.21. The molecule has 1 N–H and O–H groups in total. The third kappa shape index (κ3) is 4.81. The lowest BCUT2D eigenvalue weighted by molar-refractivity contribution is 0.229. The summed E-state index contributed by atoms with van der Waals surface area (Å²) in [5, 5.41) is 10.4. The number of halogens is 2. The Balaban J connectivity index is 1.09. The largest absolute Gasteiger partial charge is 0.489 e. The minimum absolute atomic E-state index is 0.0722. The van der Waals surface area contributed by atoms with E-state index >= 15 is 0 Å². The summed E-state index contributed by atoms with van der Waals surface area (Å²) in [7, 11) is 0. The normalized spacial score (nSPS) is 12.5. The summed E-state index contributed by atoms with van der Waals surface area (Å²) in [6.07, 6.45) is 5.07. The molecule has 1 aliphatic heterocycles. The Morgan fingerprint density at radius 1 is 1.03 bits per heavy atom. The van der Waals surface area contributed by atoms with E-state index in [1.54, 1.807) is 23.6 Å². The molecule has 0 radical (unpaired) electrons. The molecule has 0 saturated carbocycles.